The highest BCUT2D eigenvalue weighted by atomic mass is 32.2. The molecule has 2 fully saturated rings. The van der Waals surface area contributed by atoms with Crippen LogP contribution in [0.2, 0.25) is 0 Å². The molecular weight excluding hydrogens is 572 g/mol. The average Bonchev–Trinajstić information content (AvgIpc) is 3.39. The predicted molar refractivity (Wildman–Crippen MR) is 162 cm³/mol. The number of rotatable bonds is 5. The summed E-state index contributed by atoms with van der Waals surface area (Å²) in [5.74, 6) is -2.11. The Bertz CT molecular complexity index is 1370. The molecule has 1 saturated heterocycles. The quantitative estimate of drug-likeness (QED) is 0.430. The molecule has 4 amide bonds. The van der Waals surface area contributed by atoms with Crippen molar-refractivity contribution in [3.63, 3.8) is 0 Å². The Kier molecular flexibility index (Phi) is 9.99. The molecule has 1 saturated carbocycles. The van der Waals surface area contributed by atoms with Crippen LogP contribution in [0, 0.1) is 5.92 Å². The van der Waals surface area contributed by atoms with Crippen molar-refractivity contribution >= 4 is 39.9 Å². The van der Waals surface area contributed by atoms with Crippen LogP contribution in [0.5, 0.6) is 0 Å². The van der Waals surface area contributed by atoms with Gasteiger partial charge >= 0.3 is 6.09 Å². The normalized spacial score (nSPS) is 27.6. The molecule has 0 aromatic heterocycles. The minimum atomic E-state index is -4.15. The molecule has 4 rings (SSSR count). The average molecular weight is 615 g/mol. The third kappa shape index (κ3) is 8.68. The van der Waals surface area contributed by atoms with Crippen LogP contribution in [0.4, 0.5) is 4.79 Å². The second-order valence-corrected chi connectivity index (χ2v) is 14.0. The molecule has 2 heterocycles. The van der Waals surface area contributed by atoms with Crippen molar-refractivity contribution < 1.29 is 32.3 Å². The zero-order valence-electron chi connectivity index (χ0n) is 25.0. The number of hydrogen-bond acceptors (Lipinski definition) is 7. The van der Waals surface area contributed by atoms with Crippen molar-refractivity contribution in [2.45, 2.75) is 95.4 Å². The minimum absolute atomic E-state index is 0.239. The molecule has 2 aliphatic heterocycles. The number of ether oxygens (including phenoxy) is 1. The summed E-state index contributed by atoms with van der Waals surface area (Å²) >= 11 is 0. The summed E-state index contributed by atoms with van der Waals surface area (Å²) < 4.78 is 33.1. The number of carbonyl (C=O) groups excluding carboxylic acids is 4. The molecule has 1 aromatic rings. The lowest BCUT2D eigenvalue weighted by Crippen LogP contribution is -2.58. The highest BCUT2D eigenvalue weighted by Crippen LogP contribution is 2.45. The number of nitrogens with zero attached hydrogens (tertiary/aromatic N) is 1. The summed E-state index contributed by atoms with van der Waals surface area (Å²) in [6.45, 7) is 5.54. The fourth-order valence-electron chi connectivity index (χ4n) is 5.53. The van der Waals surface area contributed by atoms with E-state index >= 15 is 0 Å². The van der Waals surface area contributed by atoms with Crippen molar-refractivity contribution in [2.75, 3.05) is 6.54 Å². The second-order valence-electron chi connectivity index (χ2n) is 12.4. The van der Waals surface area contributed by atoms with Crippen LogP contribution in [0.25, 0.3) is 6.08 Å². The Hall–Kier alpha value is -3.67. The van der Waals surface area contributed by atoms with Crippen LogP contribution in [0.15, 0.2) is 47.9 Å². The van der Waals surface area contributed by atoms with Crippen molar-refractivity contribution in [1.29, 1.82) is 0 Å². The fraction of sp³-hybridized carbons (Fsp3) is 0.548. The molecule has 3 aliphatic rings. The van der Waals surface area contributed by atoms with Gasteiger partial charge in [0.25, 0.3) is 15.9 Å². The third-order valence-electron chi connectivity index (χ3n) is 7.80. The van der Waals surface area contributed by atoms with Gasteiger partial charge in [0, 0.05) is 12.5 Å². The molecule has 0 unspecified atom stereocenters. The van der Waals surface area contributed by atoms with E-state index in [0.717, 1.165) is 18.2 Å². The molecule has 0 spiro atoms. The first kappa shape index (κ1) is 32.2. The van der Waals surface area contributed by atoms with Gasteiger partial charge in [0.2, 0.25) is 11.8 Å². The van der Waals surface area contributed by atoms with Crippen LogP contribution >= 0.6 is 0 Å². The highest BCUT2D eigenvalue weighted by Gasteiger charge is 2.61. The third-order valence-corrected chi connectivity index (χ3v) is 8.76. The van der Waals surface area contributed by atoms with E-state index in [-0.39, 0.29) is 18.2 Å². The van der Waals surface area contributed by atoms with Gasteiger partial charge < -0.3 is 20.3 Å². The summed E-state index contributed by atoms with van der Waals surface area (Å²) in [5, 5.41) is 6.44. The van der Waals surface area contributed by atoms with E-state index in [1.807, 2.05) is 18.2 Å². The summed E-state index contributed by atoms with van der Waals surface area (Å²) in [6.07, 6.45) is 9.12. The van der Waals surface area contributed by atoms with Crippen molar-refractivity contribution in [3.8, 4) is 0 Å². The number of sulfonamides is 1. The Morgan fingerprint density at radius 3 is 2.53 bits per heavy atom. The van der Waals surface area contributed by atoms with Gasteiger partial charge in [-0.15, -0.1) is 0 Å². The lowest BCUT2D eigenvalue weighted by atomic mass is 10.0. The molecule has 1 aliphatic carbocycles. The number of alkyl carbamates (subject to hydrolysis) is 1. The SMILES string of the molecule is CC(C)(C)OC(=O)N[C@H]1CCCCC/C=C\[C@H]2C[C@@]2(C(=O)NS(=O)(=O)/C=C/c2ccccc2)NC(=O)[C@@H]2CCCN2C1=O. The topological polar surface area (TPSA) is 151 Å². The first-order valence-electron chi connectivity index (χ1n) is 14.9. The van der Waals surface area contributed by atoms with E-state index in [2.05, 4.69) is 15.4 Å². The maximum absolute atomic E-state index is 13.7. The summed E-state index contributed by atoms with van der Waals surface area (Å²) in [4.78, 5) is 54.8. The number of allylic oxidation sites excluding steroid dienone is 1. The maximum Gasteiger partial charge on any atom is 0.408 e. The maximum atomic E-state index is 13.7. The smallest absolute Gasteiger partial charge is 0.408 e. The molecule has 3 N–H and O–H groups in total. The molecule has 0 radical (unpaired) electrons. The summed E-state index contributed by atoms with van der Waals surface area (Å²) in [6, 6.07) is 7.09. The molecule has 4 atom stereocenters. The van der Waals surface area contributed by atoms with E-state index in [9.17, 15) is 27.6 Å². The Labute approximate surface area is 253 Å². The number of benzene rings is 1. The molecule has 43 heavy (non-hydrogen) atoms. The number of hydrogen-bond donors (Lipinski definition) is 3. The number of amides is 4. The van der Waals surface area contributed by atoms with Crippen molar-refractivity contribution in [2.24, 2.45) is 5.92 Å². The van der Waals surface area contributed by atoms with E-state index < -0.39 is 51.2 Å². The second kappa shape index (κ2) is 13.3. The fourth-order valence-corrected chi connectivity index (χ4v) is 6.37. The van der Waals surface area contributed by atoms with Crippen molar-refractivity contribution in [1.82, 2.24) is 20.3 Å². The van der Waals surface area contributed by atoms with Gasteiger partial charge in [-0.25, -0.2) is 17.9 Å². The number of fused-ring (bicyclic) bond motifs is 2. The standard InChI is InChI=1S/C31H42N4O7S/c1-30(2,3)42-29(39)32-24-16-11-6-4-5-10-15-23-21-31(23,33-26(36)25-17-12-19-35(25)27(24)37)28(38)34-43(40,41)20-18-22-13-8-7-9-14-22/h7-10,13-15,18,20,23-25H,4-6,11-12,16-17,19,21H2,1-3H3,(H,32,39)(H,33,36)(H,34,38)/b15-10-,20-18+/t23-,24-,25-,31+/m0/s1. The predicted octanol–water partition coefficient (Wildman–Crippen LogP) is 3.38. The summed E-state index contributed by atoms with van der Waals surface area (Å²) in [5.41, 5.74) is -1.54. The molecule has 1 aromatic carbocycles. The molecule has 12 heteroatoms. The molecule has 11 nitrogen and oxygen atoms in total. The van der Waals surface area contributed by atoms with Crippen LogP contribution in [-0.4, -0.2) is 66.9 Å². The largest absolute Gasteiger partial charge is 0.444 e. The lowest BCUT2D eigenvalue weighted by Gasteiger charge is -2.30. The molecule has 234 valence electrons. The van der Waals surface area contributed by atoms with Crippen LogP contribution < -0.4 is 15.4 Å². The highest BCUT2D eigenvalue weighted by molar-refractivity contribution is 7.93. The van der Waals surface area contributed by atoms with Crippen LogP contribution in [-0.2, 0) is 29.1 Å². The van der Waals surface area contributed by atoms with E-state index in [1.54, 1.807) is 45.0 Å². The van der Waals surface area contributed by atoms with Gasteiger partial charge in [-0.1, -0.05) is 55.3 Å². The van der Waals surface area contributed by atoms with E-state index in [1.165, 1.54) is 11.0 Å². The monoisotopic (exact) mass is 614 g/mol. The van der Waals surface area contributed by atoms with Crippen LogP contribution in [0.3, 0.4) is 0 Å². The Balaban J connectivity index is 1.53. The summed E-state index contributed by atoms with van der Waals surface area (Å²) in [7, 11) is -4.15. The first-order chi connectivity index (χ1) is 20.3. The van der Waals surface area contributed by atoms with Gasteiger partial charge in [0.15, 0.2) is 0 Å². The number of carbonyl (C=O) groups is 4. The van der Waals surface area contributed by atoms with Crippen molar-refractivity contribution in [3.05, 3.63) is 53.5 Å². The van der Waals surface area contributed by atoms with Gasteiger partial charge in [0.05, 0.1) is 5.41 Å². The zero-order chi connectivity index (χ0) is 31.3. The minimum Gasteiger partial charge on any atom is -0.444 e. The molecular formula is C31H42N4O7S. The Morgan fingerprint density at radius 2 is 1.81 bits per heavy atom. The van der Waals surface area contributed by atoms with Gasteiger partial charge in [0.1, 0.15) is 23.2 Å². The van der Waals surface area contributed by atoms with E-state index in [0.29, 0.717) is 44.2 Å². The van der Waals surface area contributed by atoms with Gasteiger partial charge in [-0.3, -0.25) is 14.4 Å². The Morgan fingerprint density at radius 1 is 1.07 bits per heavy atom. The van der Waals surface area contributed by atoms with E-state index in [4.69, 9.17) is 4.74 Å². The first-order valence-corrected chi connectivity index (χ1v) is 16.4. The van der Waals surface area contributed by atoms with Gasteiger partial charge in [-0.05, 0) is 70.9 Å². The van der Waals surface area contributed by atoms with Crippen LogP contribution in [0.1, 0.15) is 77.7 Å². The zero-order valence-corrected chi connectivity index (χ0v) is 25.8. The molecule has 0 bridgehead atoms. The lowest BCUT2D eigenvalue weighted by molar-refractivity contribution is -0.141. The number of nitrogens with one attached hydrogen (secondary N) is 3. The van der Waals surface area contributed by atoms with Gasteiger partial charge in [-0.2, -0.15) is 0 Å².